The van der Waals surface area contributed by atoms with Crippen molar-refractivity contribution in [2.45, 2.75) is 44.7 Å². The van der Waals surface area contributed by atoms with Gasteiger partial charge in [0.2, 0.25) is 10.0 Å². The molecule has 2 rings (SSSR count). The van der Waals surface area contributed by atoms with E-state index in [1.54, 1.807) is 20.8 Å². The molecule has 2 heterocycles. The van der Waals surface area contributed by atoms with Gasteiger partial charge in [-0.3, -0.25) is 0 Å². The van der Waals surface area contributed by atoms with Crippen LogP contribution in [0.4, 0.5) is 13.6 Å². The summed E-state index contributed by atoms with van der Waals surface area (Å²) >= 11 is 0. The summed E-state index contributed by atoms with van der Waals surface area (Å²) in [6.45, 7) is 4.05. The van der Waals surface area contributed by atoms with Crippen LogP contribution in [0.25, 0.3) is 0 Å². The summed E-state index contributed by atoms with van der Waals surface area (Å²) in [6, 6.07) is 0. The summed E-state index contributed by atoms with van der Waals surface area (Å²) in [5.41, 5.74) is -0.758. The van der Waals surface area contributed by atoms with Gasteiger partial charge in [0.05, 0.1) is 11.9 Å². The van der Waals surface area contributed by atoms with E-state index in [-0.39, 0.29) is 36.8 Å². The number of rotatable bonds is 3. The van der Waals surface area contributed by atoms with Crippen molar-refractivity contribution in [3.63, 3.8) is 0 Å². The number of amides is 1. The molecule has 0 bridgehead atoms. The van der Waals surface area contributed by atoms with Gasteiger partial charge < -0.3 is 9.64 Å². The van der Waals surface area contributed by atoms with Crippen molar-refractivity contribution in [1.29, 1.82) is 0 Å². The number of aromatic nitrogens is 2. The van der Waals surface area contributed by atoms with Crippen LogP contribution in [0.1, 0.15) is 33.0 Å². The van der Waals surface area contributed by atoms with E-state index >= 15 is 0 Å². The molecule has 0 N–H and O–H groups in total. The van der Waals surface area contributed by atoms with E-state index in [1.807, 2.05) is 0 Å². The molecule has 0 radical (unpaired) electrons. The Morgan fingerprint density at radius 2 is 1.80 bits per heavy atom. The number of halogens is 2. The maximum absolute atomic E-state index is 12.8. The van der Waals surface area contributed by atoms with Crippen LogP contribution in [-0.2, 0) is 14.8 Å². The van der Waals surface area contributed by atoms with Crippen molar-refractivity contribution in [2.75, 3.05) is 26.2 Å². The smallest absolute Gasteiger partial charge is 0.410 e. The van der Waals surface area contributed by atoms with E-state index in [9.17, 15) is 22.0 Å². The average Bonchev–Trinajstić information content (AvgIpc) is 2.88. The summed E-state index contributed by atoms with van der Waals surface area (Å²) in [7, 11) is -3.95. The molecule has 8 nitrogen and oxygen atoms in total. The number of alkyl halides is 2. The molecule has 0 unspecified atom stereocenters. The molecule has 0 spiro atoms. The third-order valence-corrected chi connectivity index (χ3v) is 5.69. The van der Waals surface area contributed by atoms with Gasteiger partial charge in [0.15, 0.2) is 0 Å². The van der Waals surface area contributed by atoms with Gasteiger partial charge in [-0.1, -0.05) is 0 Å². The molecule has 1 amide bonds. The first kappa shape index (κ1) is 19.6. The maximum atomic E-state index is 12.8. The Morgan fingerprint density at radius 3 is 2.24 bits per heavy atom. The number of piperazine rings is 1. The zero-order valence-corrected chi connectivity index (χ0v) is 15.4. The zero-order chi connectivity index (χ0) is 19.0. The minimum atomic E-state index is -3.95. The minimum absolute atomic E-state index is 0.0564. The van der Waals surface area contributed by atoms with Gasteiger partial charge in [-0.2, -0.15) is 18.2 Å². The normalized spacial score (nSPS) is 17.2. The number of carbonyl (C=O) groups is 1. The average molecular weight is 380 g/mol. The highest BCUT2D eigenvalue weighted by atomic mass is 32.2. The standard InChI is InChI=1S/C14H22F2N4O4S/c1-10-11(9-17-20(10)12(15)16)25(22,23)19-7-5-18(6-8-19)13(21)24-14(2,3)4/h9,12H,5-8H2,1-4H3. The summed E-state index contributed by atoms with van der Waals surface area (Å²) in [5, 5.41) is 3.44. The van der Waals surface area contributed by atoms with E-state index in [4.69, 9.17) is 4.74 Å². The molecule has 0 saturated carbocycles. The molecule has 0 atom stereocenters. The third kappa shape index (κ3) is 4.27. The van der Waals surface area contributed by atoms with Crippen molar-refractivity contribution in [3.05, 3.63) is 11.9 Å². The highest BCUT2D eigenvalue weighted by Crippen LogP contribution is 2.24. The van der Waals surface area contributed by atoms with Crippen molar-refractivity contribution in [3.8, 4) is 0 Å². The fourth-order valence-electron chi connectivity index (χ4n) is 2.43. The summed E-state index contributed by atoms with van der Waals surface area (Å²) in [6.07, 6.45) is 0.420. The van der Waals surface area contributed by atoms with E-state index in [0.717, 1.165) is 10.5 Å². The first-order chi connectivity index (χ1) is 11.4. The molecule has 0 aliphatic carbocycles. The highest BCUT2D eigenvalue weighted by molar-refractivity contribution is 7.89. The Balaban J connectivity index is 2.08. The van der Waals surface area contributed by atoms with E-state index in [1.165, 1.54) is 11.8 Å². The predicted octanol–water partition coefficient (Wildman–Crippen LogP) is 1.83. The van der Waals surface area contributed by atoms with Gasteiger partial charge >= 0.3 is 12.6 Å². The Labute approximate surface area is 145 Å². The number of carbonyl (C=O) groups excluding carboxylic acids is 1. The summed E-state index contributed by atoms with van der Waals surface area (Å²) in [4.78, 5) is 13.2. The Morgan fingerprint density at radius 1 is 1.24 bits per heavy atom. The first-order valence-corrected chi connectivity index (χ1v) is 9.18. The first-order valence-electron chi connectivity index (χ1n) is 7.74. The van der Waals surface area contributed by atoms with Crippen LogP contribution < -0.4 is 0 Å². The third-order valence-electron chi connectivity index (χ3n) is 3.69. The molecule has 1 fully saturated rings. The second-order valence-corrected chi connectivity index (χ2v) is 8.59. The second kappa shape index (κ2) is 6.87. The minimum Gasteiger partial charge on any atom is -0.444 e. The molecule has 1 aromatic rings. The number of ether oxygens (including phenoxy) is 1. The second-order valence-electron chi connectivity index (χ2n) is 6.69. The monoisotopic (exact) mass is 380 g/mol. The number of nitrogens with zero attached hydrogens (tertiary/aromatic N) is 4. The molecule has 1 saturated heterocycles. The van der Waals surface area contributed by atoms with Gasteiger partial charge in [0, 0.05) is 26.2 Å². The van der Waals surface area contributed by atoms with Crippen LogP contribution >= 0.6 is 0 Å². The number of hydrogen-bond acceptors (Lipinski definition) is 5. The van der Waals surface area contributed by atoms with Crippen molar-refractivity contribution < 1.29 is 26.7 Å². The fraction of sp³-hybridized carbons (Fsp3) is 0.714. The largest absolute Gasteiger partial charge is 0.444 e. The molecule has 25 heavy (non-hydrogen) atoms. The summed E-state index contributed by atoms with van der Waals surface area (Å²) < 4.78 is 57.6. The quantitative estimate of drug-likeness (QED) is 0.799. The lowest BCUT2D eigenvalue weighted by molar-refractivity contribution is 0.0192. The van der Waals surface area contributed by atoms with Gasteiger partial charge in [0.1, 0.15) is 10.5 Å². The number of hydrogen-bond donors (Lipinski definition) is 0. The lowest BCUT2D eigenvalue weighted by atomic mass is 10.2. The van der Waals surface area contributed by atoms with Crippen LogP contribution in [0.2, 0.25) is 0 Å². The lowest BCUT2D eigenvalue weighted by Gasteiger charge is -2.34. The van der Waals surface area contributed by atoms with Crippen LogP contribution in [0, 0.1) is 6.92 Å². The molecule has 1 aliphatic heterocycles. The fourth-order valence-corrected chi connectivity index (χ4v) is 4.00. The Kier molecular flexibility index (Phi) is 5.38. The SMILES string of the molecule is Cc1c(S(=O)(=O)N2CCN(C(=O)OC(C)(C)C)CC2)cnn1C(F)F. The predicted molar refractivity (Wildman–Crippen MR) is 84.8 cm³/mol. The van der Waals surface area contributed by atoms with Gasteiger partial charge in [-0.25, -0.2) is 17.9 Å². The number of sulfonamides is 1. The Hall–Kier alpha value is -1.75. The highest BCUT2D eigenvalue weighted by Gasteiger charge is 2.34. The van der Waals surface area contributed by atoms with E-state index in [0.29, 0.717) is 4.68 Å². The summed E-state index contributed by atoms with van der Waals surface area (Å²) in [5.74, 6) is 0. The van der Waals surface area contributed by atoms with Crippen molar-refractivity contribution >= 4 is 16.1 Å². The van der Waals surface area contributed by atoms with Gasteiger partial charge in [0.25, 0.3) is 0 Å². The zero-order valence-electron chi connectivity index (χ0n) is 14.6. The molecule has 1 aromatic heterocycles. The topological polar surface area (TPSA) is 84.7 Å². The van der Waals surface area contributed by atoms with Crippen LogP contribution in [0.15, 0.2) is 11.1 Å². The van der Waals surface area contributed by atoms with Crippen molar-refractivity contribution in [1.82, 2.24) is 19.0 Å². The molecule has 11 heteroatoms. The van der Waals surface area contributed by atoms with Gasteiger partial charge in [-0.05, 0) is 27.7 Å². The van der Waals surface area contributed by atoms with Crippen molar-refractivity contribution in [2.24, 2.45) is 0 Å². The van der Waals surface area contributed by atoms with E-state index in [2.05, 4.69) is 5.10 Å². The van der Waals surface area contributed by atoms with E-state index < -0.39 is 28.3 Å². The molecular formula is C14H22F2N4O4S. The maximum Gasteiger partial charge on any atom is 0.410 e. The van der Waals surface area contributed by atoms with Crippen LogP contribution in [0.3, 0.4) is 0 Å². The lowest BCUT2D eigenvalue weighted by Crippen LogP contribution is -2.51. The van der Waals surface area contributed by atoms with Crippen LogP contribution in [-0.4, -0.2) is 65.3 Å². The molecule has 0 aromatic carbocycles. The molecule has 1 aliphatic rings. The van der Waals surface area contributed by atoms with Crippen LogP contribution in [0.5, 0.6) is 0 Å². The molecule has 142 valence electrons. The molecular weight excluding hydrogens is 358 g/mol. The Bertz CT molecular complexity index is 735. The van der Waals surface area contributed by atoms with Gasteiger partial charge in [-0.15, -0.1) is 0 Å².